The second-order valence-electron chi connectivity index (χ2n) is 3.88. The van der Waals surface area contributed by atoms with Crippen LogP contribution < -0.4 is 10.6 Å². The number of hydrogen-bond donors (Lipinski definition) is 2. The highest BCUT2D eigenvalue weighted by atomic mass is 16.1. The Morgan fingerprint density at radius 2 is 2.06 bits per heavy atom. The van der Waals surface area contributed by atoms with E-state index in [1.165, 1.54) is 0 Å². The molecule has 0 radical (unpaired) electrons. The smallest absolute Gasteiger partial charge is 0.271 e. The Balaban J connectivity index is 2.36. The lowest BCUT2D eigenvalue weighted by Gasteiger charge is -2.08. The summed E-state index contributed by atoms with van der Waals surface area (Å²) in [6.45, 7) is 0.755. The molecule has 94 valence electrons. The molecule has 1 aromatic carbocycles. The molecule has 0 aliphatic heterocycles. The first-order valence-electron chi connectivity index (χ1n) is 5.77. The number of carbonyl (C=O) groups is 1. The summed E-state index contributed by atoms with van der Waals surface area (Å²) in [6.07, 6.45) is 1.79. The van der Waals surface area contributed by atoms with Crippen LogP contribution in [0.15, 0.2) is 36.5 Å². The van der Waals surface area contributed by atoms with Gasteiger partial charge in [-0.2, -0.15) is 5.10 Å². The molecule has 1 heterocycles. The monoisotopic (exact) mass is 244 g/mol. The van der Waals surface area contributed by atoms with Crippen molar-refractivity contribution in [1.82, 2.24) is 20.4 Å². The molecule has 2 rings (SSSR count). The number of nitrogens with zero attached hydrogens (tertiary/aromatic N) is 2. The number of aromatic nitrogens is 2. The predicted molar refractivity (Wildman–Crippen MR) is 69.7 cm³/mol. The molecule has 1 aromatic heterocycles. The first-order chi connectivity index (χ1) is 8.76. The second kappa shape index (κ2) is 5.46. The molecule has 0 atom stereocenters. The molecule has 0 saturated heterocycles. The van der Waals surface area contributed by atoms with E-state index in [1.807, 2.05) is 31.3 Å². The maximum atomic E-state index is 11.5. The van der Waals surface area contributed by atoms with Crippen molar-refractivity contribution in [3.05, 3.63) is 47.8 Å². The number of para-hydroxylation sites is 1. The summed E-state index contributed by atoms with van der Waals surface area (Å²) in [7, 11) is 3.49. The fraction of sp³-hybridized carbons (Fsp3) is 0.231. The molecular weight excluding hydrogens is 228 g/mol. The van der Waals surface area contributed by atoms with Crippen molar-refractivity contribution in [2.75, 3.05) is 14.1 Å². The third-order valence-electron chi connectivity index (χ3n) is 2.65. The third kappa shape index (κ3) is 2.41. The van der Waals surface area contributed by atoms with Crippen molar-refractivity contribution in [3.63, 3.8) is 0 Å². The van der Waals surface area contributed by atoms with E-state index in [0.717, 1.165) is 17.8 Å². The maximum Gasteiger partial charge on any atom is 0.271 e. The Labute approximate surface area is 106 Å². The molecule has 0 aliphatic rings. The minimum Gasteiger partial charge on any atom is -0.354 e. The van der Waals surface area contributed by atoms with E-state index in [0.29, 0.717) is 5.69 Å². The van der Waals surface area contributed by atoms with Crippen molar-refractivity contribution >= 4 is 5.91 Å². The summed E-state index contributed by atoms with van der Waals surface area (Å²) in [5.74, 6) is -0.181. The Morgan fingerprint density at radius 3 is 2.78 bits per heavy atom. The highest BCUT2D eigenvalue weighted by molar-refractivity contribution is 5.91. The molecule has 0 fully saturated rings. The van der Waals surface area contributed by atoms with Crippen LogP contribution in [0.5, 0.6) is 0 Å². The molecule has 0 aliphatic carbocycles. The first-order valence-corrected chi connectivity index (χ1v) is 5.77. The normalized spacial score (nSPS) is 10.3. The SMILES string of the molecule is CNCc1ccccc1-n1ccc(C(=O)NC)n1. The largest absolute Gasteiger partial charge is 0.354 e. The van der Waals surface area contributed by atoms with E-state index < -0.39 is 0 Å². The molecule has 2 N–H and O–H groups in total. The van der Waals surface area contributed by atoms with Gasteiger partial charge in [0.15, 0.2) is 5.69 Å². The van der Waals surface area contributed by atoms with Crippen LogP contribution in [-0.4, -0.2) is 29.8 Å². The third-order valence-corrected chi connectivity index (χ3v) is 2.65. The summed E-state index contributed by atoms with van der Waals surface area (Å²) >= 11 is 0. The van der Waals surface area contributed by atoms with Gasteiger partial charge in [-0.05, 0) is 24.7 Å². The molecular formula is C13H16N4O. The molecule has 0 saturated carbocycles. The van der Waals surface area contributed by atoms with E-state index in [4.69, 9.17) is 0 Å². The highest BCUT2D eigenvalue weighted by Crippen LogP contribution is 2.13. The van der Waals surface area contributed by atoms with E-state index in [2.05, 4.69) is 15.7 Å². The van der Waals surface area contributed by atoms with E-state index >= 15 is 0 Å². The Morgan fingerprint density at radius 1 is 1.28 bits per heavy atom. The number of amides is 1. The molecule has 2 aromatic rings. The summed E-state index contributed by atoms with van der Waals surface area (Å²) in [4.78, 5) is 11.5. The van der Waals surface area contributed by atoms with Crippen LogP contribution in [0.1, 0.15) is 16.1 Å². The lowest BCUT2D eigenvalue weighted by molar-refractivity contribution is 0.0957. The van der Waals surface area contributed by atoms with Gasteiger partial charge in [0.25, 0.3) is 5.91 Å². The zero-order valence-corrected chi connectivity index (χ0v) is 10.5. The first kappa shape index (κ1) is 12.3. The Kier molecular flexibility index (Phi) is 3.74. The number of nitrogens with one attached hydrogen (secondary N) is 2. The lowest BCUT2D eigenvalue weighted by Crippen LogP contribution is -2.18. The van der Waals surface area contributed by atoms with Gasteiger partial charge in [-0.15, -0.1) is 0 Å². The number of carbonyl (C=O) groups excluding carboxylic acids is 1. The van der Waals surface area contributed by atoms with Gasteiger partial charge in [0.1, 0.15) is 0 Å². The van der Waals surface area contributed by atoms with Crippen LogP contribution in [0.2, 0.25) is 0 Å². The van der Waals surface area contributed by atoms with Gasteiger partial charge in [-0.1, -0.05) is 18.2 Å². The summed E-state index contributed by atoms with van der Waals surface area (Å²) in [5.41, 5.74) is 2.52. The second-order valence-corrected chi connectivity index (χ2v) is 3.88. The van der Waals surface area contributed by atoms with Crippen LogP contribution in [0.4, 0.5) is 0 Å². The molecule has 5 heteroatoms. The number of hydrogen-bond acceptors (Lipinski definition) is 3. The van der Waals surface area contributed by atoms with Gasteiger partial charge in [-0.25, -0.2) is 4.68 Å². The number of benzene rings is 1. The standard InChI is InChI=1S/C13H16N4O/c1-14-9-10-5-3-4-6-12(10)17-8-7-11(16-17)13(18)15-2/h3-8,14H,9H2,1-2H3,(H,15,18). The van der Waals surface area contributed by atoms with Crippen molar-refractivity contribution < 1.29 is 4.79 Å². The van der Waals surface area contributed by atoms with Gasteiger partial charge >= 0.3 is 0 Å². The molecule has 18 heavy (non-hydrogen) atoms. The summed E-state index contributed by atoms with van der Waals surface area (Å²) in [5, 5.41) is 9.94. The predicted octanol–water partition coefficient (Wildman–Crippen LogP) is 0.951. The molecule has 0 unspecified atom stereocenters. The van der Waals surface area contributed by atoms with E-state index in [9.17, 15) is 4.79 Å². The number of rotatable bonds is 4. The molecule has 0 spiro atoms. The zero-order chi connectivity index (χ0) is 13.0. The summed E-state index contributed by atoms with van der Waals surface area (Å²) in [6, 6.07) is 9.66. The Bertz CT molecular complexity index is 547. The minimum atomic E-state index is -0.181. The topological polar surface area (TPSA) is 59.0 Å². The minimum absolute atomic E-state index is 0.181. The van der Waals surface area contributed by atoms with Crippen LogP contribution in [0.25, 0.3) is 5.69 Å². The quantitative estimate of drug-likeness (QED) is 0.842. The van der Waals surface area contributed by atoms with E-state index in [1.54, 1.807) is 24.0 Å². The van der Waals surface area contributed by atoms with Gasteiger partial charge in [0, 0.05) is 19.8 Å². The van der Waals surface area contributed by atoms with Crippen molar-refractivity contribution in [2.45, 2.75) is 6.54 Å². The average molecular weight is 244 g/mol. The van der Waals surface area contributed by atoms with Crippen molar-refractivity contribution in [3.8, 4) is 5.69 Å². The molecule has 0 bridgehead atoms. The maximum absolute atomic E-state index is 11.5. The lowest BCUT2D eigenvalue weighted by atomic mass is 10.2. The summed E-state index contributed by atoms with van der Waals surface area (Å²) < 4.78 is 1.72. The zero-order valence-electron chi connectivity index (χ0n) is 10.5. The average Bonchev–Trinajstić information content (AvgIpc) is 2.88. The van der Waals surface area contributed by atoms with Crippen LogP contribution in [-0.2, 0) is 6.54 Å². The Hall–Kier alpha value is -2.14. The van der Waals surface area contributed by atoms with Crippen molar-refractivity contribution in [1.29, 1.82) is 0 Å². The van der Waals surface area contributed by atoms with Gasteiger partial charge in [0.05, 0.1) is 5.69 Å². The van der Waals surface area contributed by atoms with Gasteiger partial charge in [0.2, 0.25) is 0 Å². The van der Waals surface area contributed by atoms with Crippen LogP contribution in [0.3, 0.4) is 0 Å². The fourth-order valence-corrected chi connectivity index (χ4v) is 1.78. The fourth-order valence-electron chi connectivity index (χ4n) is 1.78. The molecule has 5 nitrogen and oxygen atoms in total. The van der Waals surface area contributed by atoms with Crippen LogP contribution >= 0.6 is 0 Å². The van der Waals surface area contributed by atoms with Crippen LogP contribution in [0, 0.1) is 0 Å². The van der Waals surface area contributed by atoms with Crippen molar-refractivity contribution in [2.24, 2.45) is 0 Å². The van der Waals surface area contributed by atoms with Gasteiger partial charge < -0.3 is 10.6 Å². The molecule has 1 amide bonds. The highest BCUT2D eigenvalue weighted by Gasteiger charge is 2.09. The van der Waals surface area contributed by atoms with Gasteiger partial charge in [-0.3, -0.25) is 4.79 Å². The van der Waals surface area contributed by atoms with E-state index in [-0.39, 0.29) is 5.91 Å².